The first-order chi connectivity index (χ1) is 6.99. The first kappa shape index (κ1) is 10.5. The van der Waals surface area contributed by atoms with Gasteiger partial charge in [-0.15, -0.1) is 0 Å². The van der Waals surface area contributed by atoms with Crippen molar-refractivity contribution in [2.24, 2.45) is 11.3 Å². The highest BCUT2D eigenvalue weighted by atomic mass is 16.2. The molecule has 1 N–H and O–H groups in total. The SMILES string of the molecule is CC1(C)CC1CN1CCC(=O)NCC1=O. The third kappa shape index (κ3) is 2.30. The molecular formula is C11H18N2O2. The van der Waals surface area contributed by atoms with E-state index in [1.54, 1.807) is 0 Å². The van der Waals surface area contributed by atoms with Crippen molar-refractivity contribution in [3.63, 3.8) is 0 Å². The molecule has 2 rings (SSSR count). The normalized spacial score (nSPS) is 29.7. The topological polar surface area (TPSA) is 49.4 Å². The van der Waals surface area contributed by atoms with Crippen LogP contribution in [0.1, 0.15) is 26.7 Å². The molecule has 1 heterocycles. The van der Waals surface area contributed by atoms with Gasteiger partial charge in [0.25, 0.3) is 0 Å². The van der Waals surface area contributed by atoms with E-state index in [2.05, 4.69) is 19.2 Å². The Bertz CT molecular complexity index is 299. The zero-order valence-corrected chi connectivity index (χ0v) is 9.38. The van der Waals surface area contributed by atoms with Crippen LogP contribution in [0, 0.1) is 11.3 Å². The molecular weight excluding hydrogens is 192 g/mol. The van der Waals surface area contributed by atoms with Crippen LogP contribution in [0.25, 0.3) is 0 Å². The fourth-order valence-electron chi connectivity index (χ4n) is 2.08. The molecule has 0 aromatic carbocycles. The highest BCUT2D eigenvalue weighted by molar-refractivity contribution is 5.87. The second kappa shape index (κ2) is 3.51. The molecule has 2 fully saturated rings. The lowest BCUT2D eigenvalue weighted by Crippen LogP contribution is -2.37. The van der Waals surface area contributed by atoms with Gasteiger partial charge in [-0.05, 0) is 17.8 Å². The lowest BCUT2D eigenvalue weighted by atomic mass is 10.1. The molecule has 15 heavy (non-hydrogen) atoms. The summed E-state index contributed by atoms with van der Waals surface area (Å²) in [5, 5.41) is 2.61. The number of carbonyl (C=O) groups excluding carboxylic acids is 2. The Balaban J connectivity index is 1.90. The van der Waals surface area contributed by atoms with E-state index in [-0.39, 0.29) is 18.4 Å². The monoisotopic (exact) mass is 210 g/mol. The van der Waals surface area contributed by atoms with Gasteiger partial charge in [0.1, 0.15) is 0 Å². The van der Waals surface area contributed by atoms with Gasteiger partial charge in [-0.1, -0.05) is 13.8 Å². The van der Waals surface area contributed by atoms with Crippen molar-refractivity contribution < 1.29 is 9.59 Å². The Morgan fingerprint density at radius 3 is 2.73 bits per heavy atom. The number of hydrogen-bond donors (Lipinski definition) is 1. The number of nitrogens with zero attached hydrogens (tertiary/aromatic N) is 1. The van der Waals surface area contributed by atoms with Crippen LogP contribution >= 0.6 is 0 Å². The van der Waals surface area contributed by atoms with Gasteiger partial charge >= 0.3 is 0 Å². The molecule has 0 aromatic rings. The lowest BCUT2D eigenvalue weighted by Gasteiger charge is -2.20. The Labute approximate surface area is 90.0 Å². The smallest absolute Gasteiger partial charge is 0.241 e. The maximum atomic E-state index is 11.6. The molecule has 2 amide bonds. The van der Waals surface area contributed by atoms with Gasteiger partial charge in [0.05, 0.1) is 6.54 Å². The van der Waals surface area contributed by atoms with Gasteiger partial charge in [-0.2, -0.15) is 0 Å². The average molecular weight is 210 g/mol. The fourth-order valence-corrected chi connectivity index (χ4v) is 2.08. The van der Waals surface area contributed by atoms with Crippen LogP contribution in [0.15, 0.2) is 0 Å². The first-order valence-corrected chi connectivity index (χ1v) is 5.53. The van der Waals surface area contributed by atoms with Crippen LogP contribution < -0.4 is 5.32 Å². The number of nitrogens with one attached hydrogen (secondary N) is 1. The number of amides is 2. The molecule has 0 bridgehead atoms. The van der Waals surface area contributed by atoms with E-state index in [9.17, 15) is 9.59 Å². The predicted molar refractivity (Wildman–Crippen MR) is 56.1 cm³/mol. The molecule has 2 aliphatic rings. The number of carbonyl (C=O) groups is 2. The van der Waals surface area contributed by atoms with Crippen molar-refractivity contribution in [1.82, 2.24) is 10.2 Å². The summed E-state index contributed by atoms with van der Waals surface area (Å²) in [5.41, 5.74) is 0.393. The summed E-state index contributed by atoms with van der Waals surface area (Å²) in [6.45, 7) is 6.02. The summed E-state index contributed by atoms with van der Waals surface area (Å²) < 4.78 is 0. The quantitative estimate of drug-likeness (QED) is 0.716. The van der Waals surface area contributed by atoms with Crippen molar-refractivity contribution in [3.05, 3.63) is 0 Å². The molecule has 1 atom stereocenters. The third-order valence-corrected chi connectivity index (χ3v) is 3.56. The highest BCUT2D eigenvalue weighted by Crippen LogP contribution is 2.51. The van der Waals surface area contributed by atoms with Gasteiger partial charge in [0.2, 0.25) is 11.8 Å². The Kier molecular flexibility index (Phi) is 2.44. The number of hydrogen-bond acceptors (Lipinski definition) is 2. The van der Waals surface area contributed by atoms with Crippen LogP contribution in [-0.2, 0) is 9.59 Å². The van der Waals surface area contributed by atoms with E-state index < -0.39 is 0 Å². The maximum absolute atomic E-state index is 11.6. The van der Waals surface area contributed by atoms with E-state index in [4.69, 9.17) is 0 Å². The molecule has 1 aliphatic heterocycles. The summed E-state index contributed by atoms with van der Waals surface area (Å²) >= 11 is 0. The van der Waals surface area contributed by atoms with Crippen molar-refractivity contribution in [2.45, 2.75) is 26.7 Å². The lowest BCUT2D eigenvalue weighted by molar-refractivity contribution is -0.130. The molecule has 0 radical (unpaired) electrons. The minimum absolute atomic E-state index is 0.0130. The molecule has 84 valence electrons. The molecule has 4 heteroatoms. The average Bonchev–Trinajstić information content (AvgIpc) is 2.79. The van der Waals surface area contributed by atoms with Gasteiger partial charge in [-0.25, -0.2) is 0 Å². The first-order valence-electron chi connectivity index (χ1n) is 5.53. The third-order valence-electron chi connectivity index (χ3n) is 3.56. The molecule has 1 saturated carbocycles. The molecule has 1 saturated heterocycles. The fraction of sp³-hybridized carbons (Fsp3) is 0.818. The summed E-state index contributed by atoms with van der Waals surface area (Å²) in [5.74, 6) is 0.666. The van der Waals surface area contributed by atoms with Gasteiger partial charge in [-0.3, -0.25) is 9.59 Å². The Morgan fingerprint density at radius 2 is 2.13 bits per heavy atom. The van der Waals surface area contributed by atoms with E-state index in [1.807, 2.05) is 4.90 Å². The van der Waals surface area contributed by atoms with Gasteiger partial charge < -0.3 is 10.2 Å². The summed E-state index contributed by atoms with van der Waals surface area (Å²) in [6, 6.07) is 0. The van der Waals surface area contributed by atoms with E-state index >= 15 is 0 Å². The van der Waals surface area contributed by atoms with Crippen LogP contribution in [0.5, 0.6) is 0 Å². The van der Waals surface area contributed by atoms with Crippen LogP contribution in [-0.4, -0.2) is 36.3 Å². The Hall–Kier alpha value is -1.06. The largest absolute Gasteiger partial charge is 0.347 e. The van der Waals surface area contributed by atoms with Crippen molar-refractivity contribution >= 4 is 11.8 Å². The van der Waals surface area contributed by atoms with E-state index in [0.717, 1.165) is 6.54 Å². The number of rotatable bonds is 2. The van der Waals surface area contributed by atoms with Crippen molar-refractivity contribution in [3.8, 4) is 0 Å². The summed E-state index contributed by atoms with van der Waals surface area (Å²) in [6.07, 6.45) is 1.64. The van der Waals surface area contributed by atoms with Crippen molar-refractivity contribution in [2.75, 3.05) is 19.6 Å². The van der Waals surface area contributed by atoms with E-state index in [1.165, 1.54) is 6.42 Å². The minimum atomic E-state index is -0.0130. The van der Waals surface area contributed by atoms with E-state index in [0.29, 0.717) is 24.3 Å². The van der Waals surface area contributed by atoms with Crippen LogP contribution in [0.3, 0.4) is 0 Å². The van der Waals surface area contributed by atoms with Gasteiger partial charge in [0, 0.05) is 19.5 Å². The second-order valence-corrected chi connectivity index (χ2v) is 5.26. The van der Waals surface area contributed by atoms with Crippen LogP contribution in [0.4, 0.5) is 0 Å². The van der Waals surface area contributed by atoms with Gasteiger partial charge in [0.15, 0.2) is 0 Å². The maximum Gasteiger partial charge on any atom is 0.241 e. The zero-order chi connectivity index (χ0) is 11.1. The second-order valence-electron chi connectivity index (χ2n) is 5.26. The molecule has 1 aliphatic carbocycles. The minimum Gasteiger partial charge on any atom is -0.347 e. The zero-order valence-electron chi connectivity index (χ0n) is 9.38. The summed E-state index contributed by atoms with van der Waals surface area (Å²) in [7, 11) is 0. The predicted octanol–water partition coefficient (Wildman–Crippen LogP) is 0.381. The molecule has 0 aromatic heterocycles. The molecule has 0 spiro atoms. The molecule has 1 unspecified atom stereocenters. The Morgan fingerprint density at radius 1 is 1.47 bits per heavy atom. The molecule has 4 nitrogen and oxygen atoms in total. The standard InChI is InChI=1S/C11H18N2O2/c1-11(2)5-8(11)7-13-4-3-9(14)12-6-10(13)15/h8H,3-7H2,1-2H3,(H,12,14). The van der Waals surface area contributed by atoms with Crippen LogP contribution in [0.2, 0.25) is 0 Å². The summed E-state index contributed by atoms with van der Waals surface area (Å²) in [4.78, 5) is 24.6. The highest BCUT2D eigenvalue weighted by Gasteiger charge is 2.46. The van der Waals surface area contributed by atoms with Crippen molar-refractivity contribution in [1.29, 1.82) is 0 Å².